The maximum atomic E-state index is 13.2. The third-order valence-electron chi connectivity index (χ3n) is 4.64. The summed E-state index contributed by atoms with van der Waals surface area (Å²) in [6.45, 7) is 0. The fourth-order valence-electron chi connectivity index (χ4n) is 3.17. The van der Waals surface area contributed by atoms with Gasteiger partial charge in [0.1, 0.15) is 11.3 Å². The van der Waals surface area contributed by atoms with Gasteiger partial charge in [0.25, 0.3) is 0 Å². The molecule has 4 aromatic rings. The summed E-state index contributed by atoms with van der Waals surface area (Å²) >= 11 is 0. The standard InChI is InChI=1S/C21H17F3N6O/c1-26-20-29-16-11-27-18(28-14-7-5-12(6-8-14)19(25)31)10-17(16)30(20)15-4-2-3-13(9-15)21(22,23)24/h2-11H,1H3,(H2,25,31)(H,26,29)(H,27,28). The van der Waals surface area contributed by atoms with Crippen LogP contribution in [-0.2, 0) is 6.18 Å². The Morgan fingerprint density at radius 1 is 1.10 bits per heavy atom. The third-order valence-corrected chi connectivity index (χ3v) is 4.64. The molecule has 0 aliphatic carbocycles. The second-order valence-corrected chi connectivity index (χ2v) is 6.69. The van der Waals surface area contributed by atoms with Gasteiger partial charge in [-0.25, -0.2) is 9.97 Å². The first-order valence-corrected chi connectivity index (χ1v) is 9.17. The second-order valence-electron chi connectivity index (χ2n) is 6.69. The number of nitrogens with zero attached hydrogens (tertiary/aromatic N) is 3. The zero-order chi connectivity index (χ0) is 22.2. The number of carbonyl (C=O) groups excluding carboxylic acids is 1. The van der Waals surface area contributed by atoms with Crippen molar-refractivity contribution in [3.05, 3.63) is 71.9 Å². The predicted molar refractivity (Wildman–Crippen MR) is 112 cm³/mol. The fraction of sp³-hybridized carbons (Fsp3) is 0.0952. The number of hydrogen-bond acceptors (Lipinski definition) is 5. The zero-order valence-corrected chi connectivity index (χ0v) is 16.2. The molecule has 0 unspecified atom stereocenters. The Balaban J connectivity index is 1.77. The molecular formula is C21H17F3N6O. The van der Waals surface area contributed by atoms with Gasteiger partial charge in [-0.1, -0.05) is 6.07 Å². The van der Waals surface area contributed by atoms with Crippen molar-refractivity contribution < 1.29 is 18.0 Å². The van der Waals surface area contributed by atoms with E-state index in [1.807, 2.05) is 0 Å². The summed E-state index contributed by atoms with van der Waals surface area (Å²) in [6.07, 6.45) is -2.93. The summed E-state index contributed by atoms with van der Waals surface area (Å²) in [7, 11) is 1.64. The van der Waals surface area contributed by atoms with E-state index < -0.39 is 17.6 Å². The summed E-state index contributed by atoms with van der Waals surface area (Å²) in [5, 5.41) is 6.01. The van der Waals surface area contributed by atoms with Gasteiger partial charge in [0.05, 0.1) is 17.3 Å². The van der Waals surface area contributed by atoms with E-state index in [2.05, 4.69) is 20.6 Å². The number of fused-ring (bicyclic) bond motifs is 1. The second kappa shape index (κ2) is 7.63. The number of halogens is 3. The first-order valence-electron chi connectivity index (χ1n) is 9.17. The Kier molecular flexibility index (Phi) is 4.97. The minimum absolute atomic E-state index is 0.310. The topological polar surface area (TPSA) is 97.9 Å². The van der Waals surface area contributed by atoms with E-state index >= 15 is 0 Å². The van der Waals surface area contributed by atoms with Crippen LogP contribution in [0, 0.1) is 0 Å². The van der Waals surface area contributed by atoms with Crippen LogP contribution >= 0.6 is 0 Å². The van der Waals surface area contributed by atoms with Crippen molar-refractivity contribution in [2.75, 3.05) is 17.7 Å². The highest BCUT2D eigenvalue weighted by Gasteiger charge is 2.30. The predicted octanol–water partition coefficient (Wildman–Crippen LogP) is 4.32. The van der Waals surface area contributed by atoms with Crippen LogP contribution in [0.1, 0.15) is 15.9 Å². The Bertz CT molecular complexity index is 1260. The van der Waals surface area contributed by atoms with Gasteiger partial charge in [0.2, 0.25) is 11.9 Å². The maximum absolute atomic E-state index is 13.2. The van der Waals surface area contributed by atoms with Crippen molar-refractivity contribution in [3.8, 4) is 5.69 Å². The van der Waals surface area contributed by atoms with Gasteiger partial charge >= 0.3 is 6.18 Å². The number of rotatable bonds is 5. The van der Waals surface area contributed by atoms with E-state index in [4.69, 9.17) is 5.73 Å². The van der Waals surface area contributed by atoms with Crippen molar-refractivity contribution in [2.45, 2.75) is 6.18 Å². The van der Waals surface area contributed by atoms with Crippen LogP contribution in [-0.4, -0.2) is 27.5 Å². The van der Waals surface area contributed by atoms with Gasteiger partial charge in [-0.15, -0.1) is 0 Å². The Morgan fingerprint density at radius 2 is 1.84 bits per heavy atom. The molecule has 0 spiro atoms. The molecule has 0 bridgehead atoms. The molecule has 2 aromatic carbocycles. The Morgan fingerprint density at radius 3 is 2.48 bits per heavy atom. The van der Waals surface area contributed by atoms with E-state index in [0.717, 1.165) is 12.1 Å². The number of hydrogen-bond donors (Lipinski definition) is 3. The van der Waals surface area contributed by atoms with Crippen molar-refractivity contribution >= 4 is 34.4 Å². The number of aromatic nitrogens is 3. The number of alkyl halides is 3. The minimum atomic E-state index is -4.46. The molecular weight excluding hydrogens is 409 g/mol. The quantitative estimate of drug-likeness (QED) is 0.442. The molecule has 10 heteroatoms. The average Bonchev–Trinajstić information content (AvgIpc) is 3.11. The lowest BCUT2D eigenvalue weighted by Crippen LogP contribution is -2.10. The van der Waals surface area contributed by atoms with Crippen LogP contribution in [0.5, 0.6) is 0 Å². The molecule has 0 saturated heterocycles. The normalized spacial score (nSPS) is 11.5. The van der Waals surface area contributed by atoms with Crippen LogP contribution in [0.15, 0.2) is 60.8 Å². The molecule has 0 atom stereocenters. The van der Waals surface area contributed by atoms with Crippen LogP contribution in [0.4, 0.5) is 30.6 Å². The van der Waals surface area contributed by atoms with Gasteiger partial charge in [0, 0.05) is 30.1 Å². The zero-order valence-electron chi connectivity index (χ0n) is 16.2. The third kappa shape index (κ3) is 4.00. The first-order chi connectivity index (χ1) is 14.8. The van der Waals surface area contributed by atoms with Crippen LogP contribution in [0.2, 0.25) is 0 Å². The SMILES string of the molecule is CNc1nc2cnc(Nc3ccc(C(N)=O)cc3)cc2n1-c1cccc(C(F)(F)F)c1. The Hall–Kier alpha value is -4.08. The molecule has 0 radical (unpaired) electrons. The lowest BCUT2D eigenvalue weighted by atomic mass is 10.2. The first kappa shape index (κ1) is 20.2. The van der Waals surface area contributed by atoms with Gasteiger partial charge in [0.15, 0.2) is 0 Å². The largest absolute Gasteiger partial charge is 0.416 e. The molecule has 0 aliphatic rings. The smallest absolute Gasteiger partial charge is 0.366 e. The minimum Gasteiger partial charge on any atom is -0.366 e. The summed E-state index contributed by atoms with van der Waals surface area (Å²) in [5.41, 5.74) is 6.91. The highest BCUT2D eigenvalue weighted by atomic mass is 19.4. The fourth-order valence-corrected chi connectivity index (χ4v) is 3.17. The van der Waals surface area contributed by atoms with E-state index in [0.29, 0.717) is 39.7 Å². The molecule has 1 amide bonds. The molecule has 2 heterocycles. The molecule has 0 saturated carbocycles. The van der Waals surface area contributed by atoms with Crippen LogP contribution < -0.4 is 16.4 Å². The van der Waals surface area contributed by atoms with Crippen molar-refractivity contribution in [1.29, 1.82) is 0 Å². The summed E-state index contributed by atoms with van der Waals surface area (Å²) in [6, 6.07) is 13.2. The molecule has 0 aliphatic heterocycles. The number of pyridine rings is 1. The average molecular weight is 426 g/mol. The number of anilines is 3. The van der Waals surface area contributed by atoms with Crippen molar-refractivity contribution in [1.82, 2.24) is 14.5 Å². The molecule has 158 valence electrons. The number of primary amides is 1. The number of nitrogens with two attached hydrogens (primary N) is 1. The van der Waals surface area contributed by atoms with Gasteiger partial charge < -0.3 is 16.4 Å². The molecule has 0 fully saturated rings. The van der Waals surface area contributed by atoms with Crippen LogP contribution in [0.25, 0.3) is 16.7 Å². The van der Waals surface area contributed by atoms with E-state index in [1.54, 1.807) is 48.0 Å². The van der Waals surface area contributed by atoms with E-state index in [9.17, 15) is 18.0 Å². The number of amides is 1. The molecule has 7 nitrogen and oxygen atoms in total. The summed E-state index contributed by atoms with van der Waals surface area (Å²) in [4.78, 5) is 19.9. The van der Waals surface area contributed by atoms with Crippen molar-refractivity contribution in [2.24, 2.45) is 5.73 Å². The van der Waals surface area contributed by atoms with Gasteiger partial charge in [-0.3, -0.25) is 9.36 Å². The molecule has 31 heavy (non-hydrogen) atoms. The number of benzene rings is 2. The monoisotopic (exact) mass is 426 g/mol. The van der Waals surface area contributed by atoms with Gasteiger partial charge in [-0.2, -0.15) is 13.2 Å². The van der Waals surface area contributed by atoms with Crippen molar-refractivity contribution in [3.63, 3.8) is 0 Å². The van der Waals surface area contributed by atoms with E-state index in [1.165, 1.54) is 12.3 Å². The lowest BCUT2D eigenvalue weighted by molar-refractivity contribution is -0.137. The summed E-state index contributed by atoms with van der Waals surface area (Å²) in [5.74, 6) is 0.296. The molecule has 2 aromatic heterocycles. The molecule has 4 rings (SSSR count). The van der Waals surface area contributed by atoms with E-state index in [-0.39, 0.29) is 0 Å². The molecule has 4 N–H and O–H groups in total. The van der Waals surface area contributed by atoms with Gasteiger partial charge in [-0.05, 0) is 42.5 Å². The van der Waals surface area contributed by atoms with Crippen LogP contribution in [0.3, 0.4) is 0 Å². The lowest BCUT2D eigenvalue weighted by Gasteiger charge is -2.12. The Labute approximate surface area is 174 Å². The number of imidazole rings is 1. The maximum Gasteiger partial charge on any atom is 0.416 e. The highest BCUT2D eigenvalue weighted by Crippen LogP contribution is 2.33. The number of nitrogens with one attached hydrogen (secondary N) is 2. The number of carbonyl (C=O) groups is 1. The highest BCUT2D eigenvalue weighted by molar-refractivity contribution is 5.93. The summed E-state index contributed by atoms with van der Waals surface area (Å²) < 4.78 is 41.2.